The summed E-state index contributed by atoms with van der Waals surface area (Å²) in [6.07, 6.45) is 1.49. The van der Waals surface area contributed by atoms with E-state index >= 15 is 0 Å². The first-order chi connectivity index (χ1) is 15.2. The van der Waals surface area contributed by atoms with Gasteiger partial charge >= 0.3 is 0 Å². The molecule has 31 heavy (non-hydrogen) atoms. The van der Waals surface area contributed by atoms with E-state index in [0.29, 0.717) is 36.5 Å². The van der Waals surface area contributed by atoms with Crippen molar-refractivity contribution in [2.24, 2.45) is 0 Å². The van der Waals surface area contributed by atoms with Crippen molar-refractivity contribution in [2.75, 3.05) is 6.54 Å². The summed E-state index contributed by atoms with van der Waals surface area (Å²) in [5, 5.41) is 1.26. The number of amides is 1. The van der Waals surface area contributed by atoms with E-state index in [9.17, 15) is 4.79 Å². The smallest absolute Gasteiger partial charge is 0.254 e. The first-order valence-corrected chi connectivity index (χ1v) is 10.6. The second kappa shape index (κ2) is 7.13. The van der Waals surface area contributed by atoms with Gasteiger partial charge in [0, 0.05) is 35.1 Å². The molecular formula is C26H21N3O2. The molecule has 5 aromatic rings. The van der Waals surface area contributed by atoms with Gasteiger partial charge in [0.05, 0.1) is 6.54 Å². The Morgan fingerprint density at radius 1 is 1.03 bits per heavy atom. The van der Waals surface area contributed by atoms with Gasteiger partial charge < -0.3 is 14.3 Å². The van der Waals surface area contributed by atoms with Gasteiger partial charge in [-0.15, -0.1) is 0 Å². The number of aromatic amines is 1. The number of carbonyl (C=O) groups is 1. The van der Waals surface area contributed by atoms with Crippen LogP contribution < -0.4 is 0 Å². The van der Waals surface area contributed by atoms with Crippen LogP contribution in [0.25, 0.3) is 22.0 Å². The molecule has 1 aliphatic heterocycles. The Morgan fingerprint density at radius 2 is 1.87 bits per heavy atom. The summed E-state index contributed by atoms with van der Waals surface area (Å²) in [6.45, 7) is 1.31. The van der Waals surface area contributed by atoms with E-state index in [4.69, 9.17) is 4.42 Å². The molecule has 1 N–H and O–H groups in total. The molecular weight excluding hydrogens is 386 g/mol. The molecule has 0 spiro atoms. The molecule has 0 aliphatic carbocycles. The van der Waals surface area contributed by atoms with E-state index in [0.717, 1.165) is 28.7 Å². The second-order valence-corrected chi connectivity index (χ2v) is 8.06. The van der Waals surface area contributed by atoms with E-state index in [1.807, 2.05) is 47.4 Å². The number of H-pyrrole nitrogens is 1. The van der Waals surface area contributed by atoms with Crippen molar-refractivity contribution in [2.45, 2.75) is 19.4 Å². The fraction of sp³-hybridized carbons (Fsp3) is 0.154. The van der Waals surface area contributed by atoms with Crippen molar-refractivity contribution >= 4 is 27.9 Å². The molecule has 1 amide bonds. The molecule has 0 bridgehead atoms. The summed E-state index contributed by atoms with van der Waals surface area (Å²) in [5.41, 5.74) is 6.82. The Morgan fingerprint density at radius 3 is 2.77 bits per heavy atom. The van der Waals surface area contributed by atoms with Gasteiger partial charge in [-0.3, -0.25) is 4.79 Å². The minimum absolute atomic E-state index is 0.0267. The Labute approximate surface area is 179 Å². The maximum atomic E-state index is 13.2. The van der Waals surface area contributed by atoms with Crippen LogP contribution >= 0.6 is 0 Å². The predicted octanol–water partition coefficient (Wildman–Crippen LogP) is 5.10. The highest BCUT2D eigenvalue weighted by molar-refractivity contribution is 5.97. The number of oxazole rings is 1. The number of carbonyl (C=O) groups excluding carboxylic acids is 1. The lowest BCUT2D eigenvalue weighted by atomic mass is 10.0. The lowest BCUT2D eigenvalue weighted by molar-refractivity contribution is 0.0733. The van der Waals surface area contributed by atoms with Crippen LogP contribution in [0.1, 0.15) is 33.1 Å². The predicted molar refractivity (Wildman–Crippen MR) is 120 cm³/mol. The van der Waals surface area contributed by atoms with Crippen molar-refractivity contribution in [3.8, 4) is 0 Å². The van der Waals surface area contributed by atoms with Crippen LogP contribution in [0.5, 0.6) is 0 Å². The summed E-state index contributed by atoms with van der Waals surface area (Å²) in [5.74, 6) is 0.685. The number of para-hydroxylation sites is 1. The molecule has 0 fully saturated rings. The van der Waals surface area contributed by atoms with Crippen molar-refractivity contribution in [1.82, 2.24) is 14.9 Å². The molecule has 0 unspecified atom stereocenters. The summed E-state index contributed by atoms with van der Waals surface area (Å²) < 4.78 is 5.89. The second-order valence-electron chi connectivity index (χ2n) is 8.06. The molecule has 1 aliphatic rings. The molecule has 0 saturated carbocycles. The van der Waals surface area contributed by atoms with Gasteiger partial charge in [0.1, 0.15) is 5.52 Å². The zero-order valence-corrected chi connectivity index (χ0v) is 17.0. The molecule has 3 aromatic carbocycles. The fourth-order valence-corrected chi connectivity index (χ4v) is 4.50. The summed E-state index contributed by atoms with van der Waals surface area (Å²) in [7, 11) is 0. The van der Waals surface area contributed by atoms with Crippen molar-refractivity contribution in [1.29, 1.82) is 0 Å². The number of nitrogens with zero attached hydrogens (tertiary/aromatic N) is 2. The normalized spacial score (nSPS) is 13.6. The highest BCUT2D eigenvalue weighted by Crippen LogP contribution is 2.28. The van der Waals surface area contributed by atoms with Gasteiger partial charge in [-0.25, -0.2) is 4.98 Å². The molecule has 0 radical (unpaired) electrons. The van der Waals surface area contributed by atoms with Crippen LogP contribution in [0.3, 0.4) is 0 Å². The average Bonchev–Trinajstić information content (AvgIpc) is 3.38. The third-order valence-electron chi connectivity index (χ3n) is 6.05. The number of rotatable bonds is 3. The van der Waals surface area contributed by atoms with Crippen LogP contribution in [0.4, 0.5) is 0 Å². The van der Waals surface area contributed by atoms with Crippen molar-refractivity contribution < 1.29 is 9.21 Å². The Kier molecular flexibility index (Phi) is 4.13. The SMILES string of the molecule is O=C(c1ccc2oc(Cc3ccccc3)nc2c1)N1CCc2c([nH]c3ccccc23)C1. The molecule has 6 rings (SSSR count). The highest BCUT2D eigenvalue weighted by Gasteiger charge is 2.25. The van der Waals surface area contributed by atoms with Gasteiger partial charge in [-0.05, 0) is 41.8 Å². The summed E-state index contributed by atoms with van der Waals surface area (Å²) in [6, 6.07) is 24.0. The third kappa shape index (κ3) is 3.19. The Balaban J connectivity index is 1.25. The number of aromatic nitrogens is 2. The zero-order chi connectivity index (χ0) is 20.8. The number of hydrogen-bond acceptors (Lipinski definition) is 3. The Hall–Kier alpha value is -3.86. The van der Waals surface area contributed by atoms with Crippen LogP contribution in [-0.4, -0.2) is 27.3 Å². The number of fused-ring (bicyclic) bond motifs is 4. The van der Waals surface area contributed by atoms with E-state index in [2.05, 4.69) is 40.3 Å². The van der Waals surface area contributed by atoms with Crippen LogP contribution in [-0.2, 0) is 19.4 Å². The molecule has 0 saturated heterocycles. The molecule has 3 heterocycles. The first-order valence-electron chi connectivity index (χ1n) is 10.6. The van der Waals surface area contributed by atoms with E-state index in [1.165, 1.54) is 10.9 Å². The largest absolute Gasteiger partial charge is 0.440 e. The fourth-order valence-electron chi connectivity index (χ4n) is 4.50. The molecule has 5 nitrogen and oxygen atoms in total. The maximum absolute atomic E-state index is 13.2. The minimum atomic E-state index is 0.0267. The molecule has 152 valence electrons. The average molecular weight is 407 g/mol. The van der Waals surface area contributed by atoms with Gasteiger partial charge in [0.15, 0.2) is 11.5 Å². The topological polar surface area (TPSA) is 62.1 Å². The van der Waals surface area contributed by atoms with Gasteiger partial charge in [0.25, 0.3) is 5.91 Å². The number of hydrogen-bond donors (Lipinski definition) is 1. The Bertz CT molecular complexity index is 1410. The third-order valence-corrected chi connectivity index (χ3v) is 6.05. The van der Waals surface area contributed by atoms with E-state index in [-0.39, 0.29) is 5.91 Å². The standard InChI is InChI=1S/C26H21N3O2/c30-26(29-13-12-20-19-8-4-5-9-21(19)27-23(20)16-29)18-10-11-24-22(15-18)28-25(31-24)14-17-6-2-1-3-7-17/h1-11,15,27H,12-14,16H2. The molecule has 2 aromatic heterocycles. The van der Waals surface area contributed by atoms with E-state index < -0.39 is 0 Å². The number of nitrogens with one attached hydrogen (secondary N) is 1. The number of benzene rings is 3. The quantitative estimate of drug-likeness (QED) is 0.453. The van der Waals surface area contributed by atoms with Crippen LogP contribution in [0, 0.1) is 0 Å². The molecule has 5 heteroatoms. The van der Waals surface area contributed by atoms with E-state index in [1.54, 1.807) is 0 Å². The maximum Gasteiger partial charge on any atom is 0.254 e. The zero-order valence-electron chi connectivity index (χ0n) is 17.0. The highest BCUT2D eigenvalue weighted by atomic mass is 16.3. The summed E-state index contributed by atoms with van der Waals surface area (Å²) >= 11 is 0. The minimum Gasteiger partial charge on any atom is -0.440 e. The first kappa shape index (κ1) is 18.0. The summed E-state index contributed by atoms with van der Waals surface area (Å²) in [4.78, 5) is 23.2. The van der Waals surface area contributed by atoms with Crippen LogP contribution in [0.15, 0.2) is 77.2 Å². The van der Waals surface area contributed by atoms with Gasteiger partial charge in [-0.1, -0.05) is 48.5 Å². The monoisotopic (exact) mass is 407 g/mol. The van der Waals surface area contributed by atoms with Gasteiger partial charge in [-0.2, -0.15) is 0 Å². The molecule has 0 atom stereocenters. The van der Waals surface area contributed by atoms with Crippen molar-refractivity contribution in [3.05, 3.63) is 101 Å². The lowest BCUT2D eigenvalue weighted by Crippen LogP contribution is -2.35. The lowest BCUT2D eigenvalue weighted by Gasteiger charge is -2.27. The van der Waals surface area contributed by atoms with Gasteiger partial charge in [0.2, 0.25) is 0 Å². The van der Waals surface area contributed by atoms with Crippen LogP contribution in [0.2, 0.25) is 0 Å². The van der Waals surface area contributed by atoms with Crippen molar-refractivity contribution in [3.63, 3.8) is 0 Å².